The molecule has 0 aliphatic heterocycles. The van der Waals surface area contributed by atoms with E-state index >= 15 is 0 Å². The zero-order valence-electron chi connectivity index (χ0n) is 18.2. The van der Waals surface area contributed by atoms with Crippen molar-refractivity contribution in [2.24, 2.45) is 5.10 Å². The predicted octanol–water partition coefficient (Wildman–Crippen LogP) is 4.61. The third-order valence-electron chi connectivity index (χ3n) is 4.51. The summed E-state index contributed by atoms with van der Waals surface area (Å²) in [5.74, 6) is 0.379. The number of oxazole rings is 1. The molecule has 4 rings (SSSR count). The molecule has 0 atom stereocenters. The van der Waals surface area contributed by atoms with Crippen molar-refractivity contribution >= 4 is 61.0 Å². The number of nitrogens with one attached hydrogen (secondary N) is 1. The Labute approximate surface area is 213 Å². The molecule has 180 valence electrons. The smallest absolute Gasteiger partial charge is 0.339 e. The zero-order valence-corrected chi connectivity index (χ0v) is 21.4. The van der Waals surface area contributed by atoms with Crippen molar-refractivity contribution in [1.29, 1.82) is 0 Å². The van der Waals surface area contributed by atoms with E-state index in [4.69, 9.17) is 13.3 Å². The fraction of sp³-hybridized carbons (Fsp3) is 0.0870. The molecule has 0 spiro atoms. The largest absolute Gasteiger partial charge is 0.497 e. The number of benzene rings is 3. The number of rotatable bonds is 9. The van der Waals surface area contributed by atoms with E-state index in [1.165, 1.54) is 43.7 Å². The van der Waals surface area contributed by atoms with E-state index in [1.54, 1.807) is 18.2 Å². The fourth-order valence-electron chi connectivity index (χ4n) is 2.82. The maximum Gasteiger partial charge on any atom is 0.339 e. The fourth-order valence-corrected chi connectivity index (χ4v) is 4.99. The minimum atomic E-state index is -4.03. The number of amides is 1. The topological polar surface area (TPSA) is 120 Å². The lowest BCUT2D eigenvalue weighted by Gasteiger charge is -2.09. The van der Waals surface area contributed by atoms with E-state index in [0.29, 0.717) is 26.6 Å². The number of hydrogen-bond donors (Lipinski definition) is 1. The highest BCUT2D eigenvalue weighted by Crippen LogP contribution is 2.29. The van der Waals surface area contributed by atoms with Gasteiger partial charge in [-0.25, -0.2) is 10.4 Å². The molecule has 0 saturated carbocycles. The third kappa shape index (κ3) is 6.41. The van der Waals surface area contributed by atoms with Gasteiger partial charge in [-0.1, -0.05) is 23.9 Å². The molecular formula is C23H18BrN3O6S2. The van der Waals surface area contributed by atoms with E-state index in [9.17, 15) is 13.2 Å². The molecule has 12 heteroatoms. The molecule has 0 saturated heterocycles. The first-order valence-electron chi connectivity index (χ1n) is 10.0. The van der Waals surface area contributed by atoms with Crippen LogP contribution in [0.4, 0.5) is 0 Å². The SMILES string of the molecule is COc1ccc(S(=O)(=O)Oc2ccc(/C=N\NC(=O)CSc3nc4ccccc4o3)cc2Br)cc1. The first kappa shape index (κ1) is 24.8. The maximum absolute atomic E-state index is 12.5. The molecular weight excluding hydrogens is 558 g/mol. The number of ether oxygens (including phenoxy) is 1. The van der Waals surface area contributed by atoms with Gasteiger partial charge in [-0.2, -0.15) is 13.5 Å². The molecule has 3 aromatic carbocycles. The van der Waals surface area contributed by atoms with Crippen LogP contribution < -0.4 is 14.3 Å². The second-order valence-electron chi connectivity index (χ2n) is 6.93. The van der Waals surface area contributed by atoms with Gasteiger partial charge in [-0.3, -0.25) is 4.79 Å². The van der Waals surface area contributed by atoms with Crippen molar-refractivity contribution in [3.63, 3.8) is 0 Å². The van der Waals surface area contributed by atoms with Crippen LogP contribution in [-0.2, 0) is 14.9 Å². The minimum absolute atomic E-state index is 0.00531. The van der Waals surface area contributed by atoms with Gasteiger partial charge in [-0.15, -0.1) is 0 Å². The third-order valence-corrected chi connectivity index (χ3v) is 7.20. The average molecular weight is 576 g/mol. The molecule has 0 aliphatic rings. The van der Waals surface area contributed by atoms with Crippen molar-refractivity contribution in [2.75, 3.05) is 12.9 Å². The van der Waals surface area contributed by atoms with E-state index in [1.807, 2.05) is 18.2 Å². The Morgan fingerprint density at radius 2 is 1.94 bits per heavy atom. The molecule has 0 unspecified atom stereocenters. The van der Waals surface area contributed by atoms with Gasteiger partial charge in [0.15, 0.2) is 11.3 Å². The summed E-state index contributed by atoms with van der Waals surface area (Å²) in [4.78, 5) is 16.3. The van der Waals surface area contributed by atoms with Crippen molar-refractivity contribution < 1.29 is 26.5 Å². The van der Waals surface area contributed by atoms with Crippen LogP contribution in [-0.4, -0.2) is 38.4 Å². The highest BCUT2D eigenvalue weighted by Gasteiger charge is 2.18. The molecule has 0 aliphatic carbocycles. The highest BCUT2D eigenvalue weighted by atomic mass is 79.9. The first-order chi connectivity index (χ1) is 16.8. The van der Waals surface area contributed by atoms with Gasteiger partial charge < -0.3 is 13.3 Å². The van der Waals surface area contributed by atoms with Gasteiger partial charge in [0.05, 0.1) is 23.5 Å². The molecule has 1 N–H and O–H groups in total. The molecule has 1 heterocycles. The summed E-state index contributed by atoms with van der Waals surface area (Å²) >= 11 is 4.46. The minimum Gasteiger partial charge on any atom is -0.497 e. The summed E-state index contributed by atoms with van der Waals surface area (Å²) in [5.41, 5.74) is 4.42. The first-order valence-corrected chi connectivity index (χ1v) is 13.2. The number of nitrogens with zero attached hydrogens (tertiary/aromatic N) is 2. The maximum atomic E-state index is 12.5. The monoisotopic (exact) mass is 575 g/mol. The van der Waals surface area contributed by atoms with Crippen LogP contribution >= 0.6 is 27.7 Å². The summed E-state index contributed by atoms with van der Waals surface area (Å²) < 4.78 is 41.3. The van der Waals surface area contributed by atoms with Crippen LogP contribution in [0.1, 0.15) is 5.56 Å². The number of hydrogen-bond acceptors (Lipinski definition) is 9. The Hall–Kier alpha value is -3.35. The lowest BCUT2D eigenvalue weighted by Crippen LogP contribution is -2.19. The predicted molar refractivity (Wildman–Crippen MR) is 135 cm³/mol. The van der Waals surface area contributed by atoms with E-state index in [2.05, 4.69) is 31.4 Å². The summed E-state index contributed by atoms with van der Waals surface area (Å²) in [7, 11) is -2.54. The van der Waals surface area contributed by atoms with Crippen LogP contribution in [0.3, 0.4) is 0 Å². The molecule has 1 amide bonds. The van der Waals surface area contributed by atoms with Gasteiger partial charge in [0.1, 0.15) is 16.2 Å². The molecule has 9 nitrogen and oxygen atoms in total. The summed E-state index contributed by atoms with van der Waals surface area (Å²) in [6.45, 7) is 0. The van der Waals surface area contributed by atoms with Crippen LogP contribution in [0, 0.1) is 0 Å². The van der Waals surface area contributed by atoms with Crippen molar-refractivity contribution in [3.8, 4) is 11.5 Å². The Kier molecular flexibility index (Phi) is 7.73. The van der Waals surface area contributed by atoms with E-state index in [-0.39, 0.29) is 22.3 Å². The zero-order chi connectivity index (χ0) is 24.8. The van der Waals surface area contributed by atoms with Crippen LogP contribution in [0.5, 0.6) is 11.5 Å². The number of carbonyl (C=O) groups is 1. The Bertz CT molecular complexity index is 1450. The van der Waals surface area contributed by atoms with Gasteiger partial charge in [0, 0.05) is 0 Å². The molecule has 0 radical (unpaired) electrons. The van der Waals surface area contributed by atoms with Gasteiger partial charge in [0.25, 0.3) is 11.1 Å². The van der Waals surface area contributed by atoms with Gasteiger partial charge in [0.2, 0.25) is 0 Å². The summed E-state index contributed by atoms with van der Waals surface area (Å²) in [5, 5.41) is 4.32. The van der Waals surface area contributed by atoms with E-state index in [0.717, 1.165) is 17.3 Å². The summed E-state index contributed by atoms with van der Waals surface area (Å²) in [6.07, 6.45) is 1.43. The van der Waals surface area contributed by atoms with E-state index < -0.39 is 10.1 Å². The molecule has 0 fully saturated rings. The standard InChI is InChI=1S/C23H18BrN3O6S2/c1-31-16-7-9-17(10-8-16)35(29,30)33-20-11-6-15(12-18(20)24)13-25-27-22(28)14-34-23-26-19-4-2-3-5-21(19)32-23/h2-13H,14H2,1H3,(H,27,28)/b25-13-. The lowest BCUT2D eigenvalue weighted by molar-refractivity contribution is -0.118. The Morgan fingerprint density at radius 1 is 1.17 bits per heavy atom. The van der Waals surface area contributed by atoms with Crippen LogP contribution in [0.15, 0.2) is 90.8 Å². The number of aromatic nitrogens is 1. The number of halogens is 1. The Morgan fingerprint density at radius 3 is 2.66 bits per heavy atom. The van der Waals surface area contributed by atoms with Crippen LogP contribution in [0.2, 0.25) is 0 Å². The quantitative estimate of drug-likeness (QED) is 0.133. The van der Waals surface area contributed by atoms with Crippen molar-refractivity contribution in [3.05, 3.63) is 76.8 Å². The molecule has 0 bridgehead atoms. The average Bonchev–Trinajstić information content (AvgIpc) is 3.27. The second kappa shape index (κ2) is 10.9. The summed E-state index contributed by atoms with van der Waals surface area (Å²) in [6, 6.07) is 17.9. The molecule has 35 heavy (non-hydrogen) atoms. The number of para-hydroxylation sites is 2. The van der Waals surface area contributed by atoms with Gasteiger partial charge >= 0.3 is 10.1 Å². The molecule has 1 aromatic heterocycles. The number of fused-ring (bicyclic) bond motifs is 1. The highest BCUT2D eigenvalue weighted by molar-refractivity contribution is 9.10. The van der Waals surface area contributed by atoms with Crippen molar-refractivity contribution in [2.45, 2.75) is 10.1 Å². The van der Waals surface area contributed by atoms with Crippen molar-refractivity contribution in [1.82, 2.24) is 10.4 Å². The normalized spacial score (nSPS) is 11.6. The molecule has 4 aromatic rings. The number of carbonyl (C=O) groups excluding carboxylic acids is 1. The van der Waals surface area contributed by atoms with Gasteiger partial charge in [-0.05, 0) is 76.1 Å². The number of thioether (sulfide) groups is 1. The number of hydrazone groups is 1. The second-order valence-corrected chi connectivity index (χ2v) is 10.3. The Balaban J connectivity index is 1.32. The number of methoxy groups -OCH3 is 1. The van der Waals surface area contributed by atoms with Crippen LogP contribution in [0.25, 0.3) is 11.1 Å². The lowest BCUT2D eigenvalue weighted by atomic mass is 10.2.